The molecule has 3 aromatic rings. The molecule has 0 unspecified atom stereocenters. The molecule has 0 spiro atoms. The van der Waals surface area contributed by atoms with Gasteiger partial charge in [-0.1, -0.05) is 26.2 Å². The van der Waals surface area contributed by atoms with Gasteiger partial charge in [0.05, 0.1) is 17.7 Å². The average Bonchev–Trinajstić information content (AvgIpc) is 2.69. The number of rotatable bonds is 8. The molecule has 0 bridgehead atoms. The van der Waals surface area contributed by atoms with Crippen LogP contribution in [0.25, 0.3) is 10.9 Å². The zero-order valence-corrected chi connectivity index (χ0v) is 16.3. The van der Waals surface area contributed by atoms with Crippen LogP contribution in [0.2, 0.25) is 0 Å². The number of hydrogen-bond donors (Lipinski definition) is 1. The van der Waals surface area contributed by atoms with Gasteiger partial charge in [0.1, 0.15) is 11.6 Å². The molecule has 1 aromatic heterocycles. The summed E-state index contributed by atoms with van der Waals surface area (Å²) >= 11 is 0. The Morgan fingerprint density at radius 2 is 1.86 bits per heavy atom. The number of nitrogens with one attached hydrogen (secondary N) is 1. The maximum atomic E-state index is 13.6. The fourth-order valence-electron chi connectivity index (χ4n) is 3.07. The van der Waals surface area contributed by atoms with E-state index in [0.29, 0.717) is 34.5 Å². The van der Waals surface area contributed by atoms with Crippen molar-refractivity contribution in [1.82, 2.24) is 4.98 Å². The van der Waals surface area contributed by atoms with Gasteiger partial charge in [0.2, 0.25) is 0 Å². The van der Waals surface area contributed by atoms with Crippen LogP contribution in [0.5, 0.6) is 5.75 Å². The van der Waals surface area contributed by atoms with Crippen LogP contribution in [-0.4, -0.2) is 17.5 Å². The average molecular weight is 380 g/mol. The number of carbonyl (C=O) groups excluding carboxylic acids is 1. The van der Waals surface area contributed by atoms with E-state index in [2.05, 4.69) is 17.2 Å². The number of halogens is 1. The second-order valence-corrected chi connectivity index (χ2v) is 6.86. The molecule has 0 aliphatic heterocycles. The molecule has 28 heavy (non-hydrogen) atoms. The summed E-state index contributed by atoms with van der Waals surface area (Å²) < 4.78 is 19.4. The smallest absolute Gasteiger partial charge is 0.256 e. The first-order valence-electron chi connectivity index (χ1n) is 9.68. The highest BCUT2D eigenvalue weighted by molar-refractivity contribution is 6.12. The van der Waals surface area contributed by atoms with E-state index in [0.717, 1.165) is 12.2 Å². The Hall–Kier alpha value is -2.95. The van der Waals surface area contributed by atoms with Crippen molar-refractivity contribution < 1.29 is 13.9 Å². The standard InChI is InChI=1S/C23H25FN2O2/c1-3-4-5-6-13-28-19-10-8-18(9-11-19)26-23(27)21-14-16(2)25-22-12-7-17(24)15-20(21)22/h7-12,14-15H,3-6,13H2,1-2H3,(H,26,27). The highest BCUT2D eigenvalue weighted by Crippen LogP contribution is 2.22. The molecule has 0 aliphatic carbocycles. The van der Waals surface area contributed by atoms with Crippen LogP contribution in [0.15, 0.2) is 48.5 Å². The lowest BCUT2D eigenvalue weighted by atomic mass is 10.1. The van der Waals surface area contributed by atoms with E-state index in [-0.39, 0.29) is 5.91 Å². The zero-order chi connectivity index (χ0) is 19.9. The Morgan fingerprint density at radius 1 is 1.07 bits per heavy atom. The summed E-state index contributed by atoms with van der Waals surface area (Å²) in [7, 11) is 0. The molecule has 1 N–H and O–H groups in total. The van der Waals surface area contributed by atoms with Crippen molar-refractivity contribution in [2.24, 2.45) is 0 Å². The topological polar surface area (TPSA) is 51.2 Å². The number of anilines is 1. The number of aryl methyl sites for hydroxylation is 1. The number of fused-ring (bicyclic) bond motifs is 1. The van der Waals surface area contributed by atoms with Crippen molar-refractivity contribution in [3.05, 3.63) is 65.6 Å². The van der Waals surface area contributed by atoms with Crippen molar-refractivity contribution >= 4 is 22.5 Å². The van der Waals surface area contributed by atoms with E-state index < -0.39 is 5.82 Å². The number of ether oxygens (including phenoxy) is 1. The van der Waals surface area contributed by atoms with E-state index >= 15 is 0 Å². The minimum Gasteiger partial charge on any atom is -0.494 e. The first kappa shape index (κ1) is 19.8. The molecule has 0 fully saturated rings. The largest absolute Gasteiger partial charge is 0.494 e. The molecule has 4 nitrogen and oxygen atoms in total. The number of carbonyl (C=O) groups is 1. The number of benzene rings is 2. The number of pyridine rings is 1. The van der Waals surface area contributed by atoms with Crippen molar-refractivity contribution in [3.8, 4) is 5.75 Å². The summed E-state index contributed by atoms with van der Waals surface area (Å²) in [5.41, 5.74) is 2.36. The highest BCUT2D eigenvalue weighted by atomic mass is 19.1. The Balaban J connectivity index is 1.68. The Labute approximate surface area is 164 Å². The summed E-state index contributed by atoms with van der Waals surface area (Å²) in [6.07, 6.45) is 4.64. The molecule has 0 radical (unpaired) electrons. The second kappa shape index (κ2) is 9.31. The molecule has 2 aromatic carbocycles. The SMILES string of the molecule is CCCCCCOc1ccc(NC(=O)c2cc(C)nc3ccc(F)cc23)cc1. The van der Waals surface area contributed by atoms with Crippen LogP contribution in [0.3, 0.4) is 0 Å². The van der Waals surface area contributed by atoms with Crippen molar-refractivity contribution in [2.75, 3.05) is 11.9 Å². The van der Waals surface area contributed by atoms with Crippen molar-refractivity contribution in [2.45, 2.75) is 39.5 Å². The van der Waals surface area contributed by atoms with Gasteiger partial charge in [0, 0.05) is 16.8 Å². The third-order valence-electron chi connectivity index (χ3n) is 4.52. The molecular formula is C23H25FN2O2. The number of amides is 1. The van der Waals surface area contributed by atoms with E-state index in [1.807, 2.05) is 19.1 Å². The molecule has 1 heterocycles. The van der Waals surface area contributed by atoms with Crippen LogP contribution in [0, 0.1) is 12.7 Å². The van der Waals surface area contributed by atoms with Crippen molar-refractivity contribution in [1.29, 1.82) is 0 Å². The van der Waals surface area contributed by atoms with Crippen molar-refractivity contribution in [3.63, 3.8) is 0 Å². The lowest BCUT2D eigenvalue weighted by Crippen LogP contribution is -2.13. The van der Waals surface area contributed by atoms with Gasteiger partial charge < -0.3 is 10.1 Å². The molecule has 0 saturated heterocycles. The molecule has 146 valence electrons. The van der Waals surface area contributed by atoms with Crippen LogP contribution < -0.4 is 10.1 Å². The summed E-state index contributed by atoms with van der Waals surface area (Å²) in [6.45, 7) is 4.69. The first-order valence-corrected chi connectivity index (χ1v) is 9.68. The minimum atomic E-state index is -0.396. The summed E-state index contributed by atoms with van der Waals surface area (Å²) in [6, 6.07) is 13.2. The Kier molecular flexibility index (Phi) is 6.58. The lowest BCUT2D eigenvalue weighted by Gasteiger charge is -2.10. The van der Waals surface area contributed by atoms with Crippen LogP contribution in [-0.2, 0) is 0 Å². The summed E-state index contributed by atoms with van der Waals surface area (Å²) in [5.74, 6) is 0.0868. The lowest BCUT2D eigenvalue weighted by molar-refractivity contribution is 0.102. The van der Waals surface area contributed by atoms with Crippen LogP contribution in [0.4, 0.5) is 10.1 Å². The number of unbranched alkanes of at least 4 members (excludes halogenated alkanes) is 3. The Bertz CT molecular complexity index is 955. The minimum absolute atomic E-state index is 0.297. The van der Waals surface area contributed by atoms with Gasteiger partial charge in [-0.05, 0) is 61.9 Å². The van der Waals surface area contributed by atoms with E-state index in [1.54, 1.807) is 24.3 Å². The van der Waals surface area contributed by atoms with E-state index in [9.17, 15) is 9.18 Å². The molecule has 5 heteroatoms. The van der Waals surface area contributed by atoms with Gasteiger partial charge in [0.25, 0.3) is 5.91 Å². The number of aromatic nitrogens is 1. The van der Waals surface area contributed by atoms with Gasteiger partial charge >= 0.3 is 0 Å². The van der Waals surface area contributed by atoms with E-state index in [4.69, 9.17) is 4.74 Å². The van der Waals surface area contributed by atoms with Crippen LogP contribution in [0.1, 0.15) is 48.7 Å². The molecule has 1 amide bonds. The molecule has 0 atom stereocenters. The van der Waals surface area contributed by atoms with Gasteiger partial charge in [-0.3, -0.25) is 9.78 Å². The predicted molar refractivity (Wildman–Crippen MR) is 110 cm³/mol. The quantitative estimate of drug-likeness (QED) is 0.496. The first-order chi connectivity index (χ1) is 13.6. The van der Waals surface area contributed by atoms with Gasteiger partial charge in [0.15, 0.2) is 0 Å². The van der Waals surface area contributed by atoms with Crippen LogP contribution >= 0.6 is 0 Å². The monoisotopic (exact) mass is 380 g/mol. The Morgan fingerprint density at radius 3 is 2.61 bits per heavy atom. The fourth-order valence-corrected chi connectivity index (χ4v) is 3.07. The second-order valence-electron chi connectivity index (χ2n) is 6.86. The molecule has 0 saturated carbocycles. The third-order valence-corrected chi connectivity index (χ3v) is 4.52. The fraction of sp³-hybridized carbons (Fsp3) is 0.304. The maximum absolute atomic E-state index is 13.6. The van der Waals surface area contributed by atoms with Gasteiger partial charge in [-0.2, -0.15) is 0 Å². The maximum Gasteiger partial charge on any atom is 0.256 e. The van der Waals surface area contributed by atoms with E-state index in [1.165, 1.54) is 31.4 Å². The van der Waals surface area contributed by atoms with Gasteiger partial charge in [-0.15, -0.1) is 0 Å². The third kappa shape index (κ3) is 5.06. The normalized spacial score (nSPS) is 10.8. The predicted octanol–water partition coefficient (Wildman–Crippen LogP) is 5.89. The number of hydrogen-bond acceptors (Lipinski definition) is 3. The summed E-state index contributed by atoms with van der Waals surface area (Å²) in [4.78, 5) is 17.1. The zero-order valence-electron chi connectivity index (χ0n) is 16.3. The molecule has 3 rings (SSSR count). The molecular weight excluding hydrogens is 355 g/mol. The molecule has 0 aliphatic rings. The summed E-state index contributed by atoms with van der Waals surface area (Å²) in [5, 5.41) is 3.36. The number of nitrogens with zero attached hydrogens (tertiary/aromatic N) is 1. The van der Waals surface area contributed by atoms with Gasteiger partial charge in [-0.25, -0.2) is 4.39 Å². The highest BCUT2D eigenvalue weighted by Gasteiger charge is 2.13.